The Morgan fingerprint density at radius 1 is 1.10 bits per heavy atom. The van der Waals surface area contributed by atoms with Crippen molar-refractivity contribution >= 4 is 17.6 Å². The highest BCUT2D eigenvalue weighted by atomic mass is 16.4. The van der Waals surface area contributed by atoms with Gasteiger partial charge in [0.05, 0.1) is 5.92 Å². The van der Waals surface area contributed by atoms with Crippen molar-refractivity contribution in [2.24, 2.45) is 11.8 Å². The minimum atomic E-state index is -0.780. The van der Waals surface area contributed by atoms with Crippen molar-refractivity contribution in [2.75, 3.05) is 5.32 Å². The standard InChI is InChI=1S/C16H19NO3/c18-15(12-4-5-13(8-12)16(19)20)17-14-7-6-10-2-1-3-11(10)9-14/h6-7,9,12-13H,1-5,8H2,(H,17,18)(H,19,20)/t12-,13+/m0/s1. The average molecular weight is 273 g/mol. The van der Waals surface area contributed by atoms with Crippen LogP contribution in [0.4, 0.5) is 5.69 Å². The smallest absolute Gasteiger partial charge is 0.306 e. The minimum Gasteiger partial charge on any atom is -0.481 e. The first-order valence-corrected chi connectivity index (χ1v) is 7.29. The molecule has 2 aliphatic carbocycles. The number of hydrogen-bond donors (Lipinski definition) is 2. The SMILES string of the molecule is O=C(O)[C@@H]1CC[C@H](C(=O)Nc2ccc3c(c2)CCC3)C1. The van der Waals surface area contributed by atoms with Gasteiger partial charge in [-0.1, -0.05) is 6.07 Å². The summed E-state index contributed by atoms with van der Waals surface area (Å²) in [5.41, 5.74) is 3.56. The Labute approximate surface area is 118 Å². The van der Waals surface area contributed by atoms with Crippen LogP contribution in [0.15, 0.2) is 18.2 Å². The van der Waals surface area contributed by atoms with Crippen molar-refractivity contribution in [3.8, 4) is 0 Å². The first-order valence-electron chi connectivity index (χ1n) is 7.29. The van der Waals surface area contributed by atoms with E-state index in [0.717, 1.165) is 18.5 Å². The lowest BCUT2D eigenvalue weighted by molar-refractivity contribution is -0.141. The molecule has 2 aliphatic rings. The van der Waals surface area contributed by atoms with Gasteiger partial charge in [0.1, 0.15) is 0 Å². The summed E-state index contributed by atoms with van der Waals surface area (Å²) in [5.74, 6) is -1.33. The number of hydrogen-bond acceptors (Lipinski definition) is 2. The van der Waals surface area contributed by atoms with Gasteiger partial charge in [-0.25, -0.2) is 0 Å². The van der Waals surface area contributed by atoms with Crippen molar-refractivity contribution in [3.63, 3.8) is 0 Å². The number of aliphatic carboxylic acids is 1. The fourth-order valence-corrected chi connectivity index (χ4v) is 3.34. The lowest BCUT2D eigenvalue weighted by atomic mass is 10.0. The molecule has 1 aromatic carbocycles. The maximum absolute atomic E-state index is 12.2. The van der Waals surface area contributed by atoms with Gasteiger partial charge >= 0.3 is 5.97 Å². The van der Waals surface area contributed by atoms with E-state index in [9.17, 15) is 9.59 Å². The predicted molar refractivity (Wildman–Crippen MR) is 75.6 cm³/mol. The molecule has 2 N–H and O–H groups in total. The quantitative estimate of drug-likeness (QED) is 0.889. The summed E-state index contributed by atoms with van der Waals surface area (Å²) in [4.78, 5) is 23.1. The number of amides is 1. The summed E-state index contributed by atoms with van der Waals surface area (Å²) in [6.07, 6.45) is 5.16. The van der Waals surface area contributed by atoms with Gasteiger partial charge in [-0.2, -0.15) is 0 Å². The monoisotopic (exact) mass is 273 g/mol. The molecule has 3 rings (SSSR count). The first-order chi connectivity index (χ1) is 9.63. The van der Waals surface area contributed by atoms with Crippen LogP contribution in [0, 0.1) is 11.8 Å². The normalized spacial score (nSPS) is 24.4. The third-order valence-electron chi connectivity index (χ3n) is 4.52. The molecule has 1 fully saturated rings. The number of benzene rings is 1. The molecule has 0 spiro atoms. The van der Waals surface area contributed by atoms with E-state index in [1.807, 2.05) is 6.07 Å². The number of carbonyl (C=O) groups is 2. The van der Waals surface area contributed by atoms with Gasteiger partial charge in [0.15, 0.2) is 0 Å². The molecule has 0 aliphatic heterocycles. The number of carboxylic acids is 1. The summed E-state index contributed by atoms with van der Waals surface area (Å²) in [7, 11) is 0. The van der Waals surface area contributed by atoms with Gasteiger partial charge in [0.2, 0.25) is 5.91 Å². The Morgan fingerprint density at radius 3 is 2.60 bits per heavy atom. The largest absolute Gasteiger partial charge is 0.481 e. The van der Waals surface area contributed by atoms with Gasteiger partial charge < -0.3 is 10.4 Å². The molecule has 4 heteroatoms. The molecule has 2 atom stereocenters. The van der Waals surface area contributed by atoms with E-state index in [4.69, 9.17) is 5.11 Å². The van der Waals surface area contributed by atoms with Crippen LogP contribution < -0.4 is 5.32 Å². The van der Waals surface area contributed by atoms with Gasteiger partial charge in [-0.05, 0) is 61.8 Å². The third kappa shape index (κ3) is 2.55. The predicted octanol–water partition coefficient (Wildman–Crippen LogP) is 2.61. The van der Waals surface area contributed by atoms with Crippen LogP contribution in [-0.2, 0) is 22.4 Å². The van der Waals surface area contributed by atoms with E-state index in [1.54, 1.807) is 0 Å². The molecular formula is C16H19NO3. The highest BCUT2D eigenvalue weighted by Crippen LogP contribution is 2.32. The Balaban J connectivity index is 1.63. The highest BCUT2D eigenvalue weighted by Gasteiger charge is 2.33. The van der Waals surface area contributed by atoms with E-state index in [-0.39, 0.29) is 17.7 Å². The second-order valence-electron chi connectivity index (χ2n) is 5.87. The minimum absolute atomic E-state index is 0.0355. The molecule has 1 saturated carbocycles. The maximum atomic E-state index is 12.2. The molecule has 0 radical (unpaired) electrons. The van der Waals surface area contributed by atoms with E-state index < -0.39 is 5.97 Å². The Hall–Kier alpha value is -1.84. The van der Waals surface area contributed by atoms with Gasteiger partial charge in [-0.3, -0.25) is 9.59 Å². The fourth-order valence-electron chi connectivity index (χ4n) is 3.34. The summed E-state index contributed by atoms with van der Waals surface area (Å²) < 4.78 is 0. The van der Waals surface area contributed by atoms with Gasteiger partial charge in [-0.15, -0.1) is 0 Å². The fraction of sp³-hybridized carbons (Fsp3) is 0.500. The number of nitrogens with one attached hydrogen (secondary N) is 1. The molecule has 4 nitrogen and oxygen atoms in total. The Morgan fingerprint density at radius 2 is 1.85 bits per heavy atom. The second-order valence-corrected chi connectivity index (χ2v) is 5.87. The van der Waals surface area contributed by atoms with E-state index in [1.165, 1.54) is 17.5 Å². The van der Waals surface area contributed by atoms with Crippen LogP contribution in [0.3, 0.4) is 0 Å². The molecule has 1 aromatic rings. The molecule has 0 unspecified atom stereocenters. The lowest BCUT2D eigenvalue weighted by Crippen LogP contribution is -2.21. The Kier molecular flexibility index (Phi) is 3.47. The molecule has 0 heterocycles. The van der Waals surface area contributed by atoms with Crippen LogP contribution >= 0.6 is 0 Å². The van der Waals surface area contributed by atoms with E-state index in [2.05, 4.69) is 17.4 Å². The number of aryl methyl sites for hydroxylation is 2. The highest BCUT2D eigenvalue weighted by molar-refractivity contribution is 5.93. The second kappa shape index (κ2) is 5.27. The van der Waals surface area contributed by atoms with Crippen LogP contribution in [0.25, 0.3) is 0 Å². The molecule has 1 amide bonds. The summed E-state index contributed by atoms with van der Waals surface area (Å²) in [6.45, 7) is 0. The van der Waals surface area contributed by atoms with Crippen molar-refractivity contribution < 1.29 is 14.7 Å². The molecule has 20 heavy (non-hydrogen) atoms. The summed E-state index contributed by atoms with van der Waals surface area (Å²) in [6, 6.07) is 6.10. The number of rotatable bonds is 3. The van der Waals surface area contributed by atoms with Crippen molar-refractivity contribution in [1.29, 1.82) is 0 Å². The number of fused-ring (bicyclic) bond motifs is 1. The average Bonchev–Trinajstić information content (AvgIpc) is 3.07. The molecule has 0 bridgehead atoms. The first kappa shape index (κ1) is 13.2. The van der Waals surface area contributed by atoms with Gasteiger partial charge in [0.25, 0.3) is 0 Å². The maximum Gasteiger partial charge on any atom is 0.306 e. The molecule has 106 valence electrons. The zero-order chi connectivity index (χ0) is 14.1. The number of carbonyl (C=O) groups excluding carboxylic acids is 1. The van der Waals surface area contributed by atoms with Crippen LogP contribution in [0.5, 0.6) is 0 Å². The molecule has 0 saturated heterocycles. The van der Waals surface area contributed by atoms with Crippen molar-refractivity contribution in [1.82, 2.24) is 0 Å². The third-order valence-corrected chi connectivity index (χ3v) is 4.52. The topological polar surface area (TPSA) is 66.4 Å². The molecule has 0 aromatic heterocycles. The van der Waals surface area contributed by atoms with Crippen LogP contribution in [0.1, 0.15) is 36.8 Å². The zero-order valence-electron chi connectivity index (χ0n) is 11.4. The van der Waals surface area contributed by atoms with Gasteiger partial charge in [0, 0.05) is 11.6 Å². The number of carboxylic acid groups (broad SMARTS) is 1. The zero-order valence-corrected chi connectivity index (χ0v) is 11.4. The summed E-state index contributed by atoms with van der Waals surface area (Å²) >= 11 is 0. The summed E-state index contributed by atoms with van der Waals surface area (Å²) in [5, 5.41) is 11.9. The van der Waals surface area contributed by atoms with Crippen LogP contribution in [0.2, 0.25) is 0 Å². The Bertz CT molecular complexity index is 553. The molecular weight excluding hydrogens is 254 g/mol. The van der Waals surface area contributed by atoms with Crippen molar-refractivity contribution in [2.45, 2.75) is 38.5 Å². The van der Waals surface area contributed by atoms with Crippen molar-refractivity contribution in [3.05, 3.63) is 29.3 Å². The van der Waals surface area contributed by atoms with E-state index >= 15 is 0 Å². The van der Waals surface area contributed by atoms with Crippen LogP contribution in [-0.4, -0.2) is 17.0 Å². The van der Waals surface area contributed by atoms with E-state index in [0.29, 0.717) is 19.3 Å². The lowest BCUT2D eigenvalue weighted by Gasteiger charge is -2.12. The number of anilines is 1.